The first-order chi connectivity index (χ1) is 13.8. The van der Waals surface area contributed by atoms with Crippen molar-refractivity contribution >= 4 is 45.6 Å². The molecule has 3 N–H and O–H groups in total. The van der Waals surface area contributed by atoms with Gasteiger partial charge < -0.3 is 15.4 Å². The van der Waals surface area contributed by atoms with Gasteiger partial charge in [-0.05, 0) is 55.3 Å². The molecule has 0 aromatic heterocycles. The average Bonchev–Trinajstić information content (AvgIpc) is 2.69. The van der Waals surface area contributed by atoms with Crippen LogP contribution in [-0.4, -0.2) is 37.6 Å². The summed E-state index contributed by atoms with van der Waals surface area (Å²) in [6, 6.07) is 10.8. The molecule has 0 spiro atoms. The van der Waals surface area contributed by atoms with Crippen LogP contribution >= 0.6 is 15.9 Å². The number of nitrogens with zero attached hydrogens (tertiary/aromatic N) is 1. The lowest BCUT2D eigenvalue weighted by Gasteiger charge is -2.11. The summed E-state index contributed by atoms with van der Waals surface area (Å²) in [7, 11) is 1.34. The second-order valence-electron chi connectivity index (χ2n) is 6.10. The standard InChI is InChI=1S/C20H21BrN4O4/c1-12-4-6-16(8-13(12)2)24-18(26)11-29-17-7-5-15(21)9-14(17)10-23-25-20(28)19(27)22-3/h4-10H,11H2,1-3H3,(H,22,27)(H,24,26)(H,25,28)/b23-10-. The van der Waals surface area contributed by atoms with E-state index in [-0.39, 0.29) is 12.5 Å². The zero-order chi connectivity index (χ0) is 21.4. The highest BCUT2D eigenvalue weighted by molar-refractivity contribution is 9.10. The van der Waals surface area contributed by atoms with Gasteiger partial charge in [0, 0.05) is 22.8 Å². The number of carbonyl (C=O) groups is 3. The van der Waals surface area contributed by atoms with Gasteiger partial charge in [-0.2, -0.15) is 5.10 Å². The van der Waals surface area contributed by atoms with Gasteiger partial charge in [0.15, 0.2) is 6.61 Å². The largest absolute Gasteiger partial charge is 0.483 e. The van der Waals surface area contributed by atoms with Crippen molar-refractivity contribution in [2.45, 2.75) is 13.8 Å². The van der Waals surface area contributed by atoms with E-state index >= 15 is 0 Å². The van der Waals surface area contributed by atoms with Crippen LogP contribution in [0, 0.1) is 13.8 Å². The molecule has 9 heteroatoms. The van der Waals surface area contributed by atoms with Crippen molar-refractivity contribution in [1.82, 2.24) is 10.7 Å². The van der Waals surface area contributed by atoms with E-state index in [1.165, 1.54) is 13.3 Å². The number of halogens is 1. The van der Waals surface area contributed by atoms with E-state index < -0.39 is 11.8 Å². The lowest BCUT2D eigenvalue weighted by molar-refractivity contribution is -0.138. The maximum absolute atomic E-state index is 12.2. The summed E-state index contributed by atoms with van der Waals surface area (Å²) in [6.45, 7) is 3.76. The number of hydrazone groups is 1. The minimum atomic E-state index is -0.894. The molecule has 0 aliphatic carbocycles. The number of amides is 3. The molecule has 0 aliphatic heterocycles. The normalized spacial score (nSPS) is 10.5. The number of anilines is 1. The van der Waals surface area contributed by atoms with Crippen LogP contribution < -0.4 is 20.8 Å². The molecule has 152 valence electrons. The molecule has 0 unspecified atom stereocenters. The lowest BCUT2D eigenvalue weighted by Crippen LogP contribution is -2.35. The number of benzene rings is 2. The van der Waals surface area contributed by atoms with E-state index in [0.29, 0.717) is 17.0 Å². The van der Waals surface area contributed by atoms with Crippen LogP contribution in [0.25, 0.3) is 0 Å². The third-order valence-electron chi connectivity index (χ3n) is 3.92. The molecule has 29 heavy (non-hydrogen) atoms. The highest BCUT2D eigenvalue weighted by atomic mass is 79.9. The molecule has 0 fully saturated rings. The molecule has 2 aromatic rings. The number of carbonyl (C=O) groups excluding carboxylic acids is 3. The number of nitrogens with one attached hydrogen (secondary N) is 3. The maximum Gasteiger partial charge on any atom is 0.329 e. The number of likely N-dealkylation sites (N-methyl/N-ethyl adjacent to an activating group) is 1. The topological polar surface area (TPSA) is 109 Å². The van der Waals surface area contributed by atoms with Crippen molar-refractivity contribution in [2.75, 3.05) is 19.0 Å². The van der Waals surface area contributed by atoms with E-state index in [2.05, 4.69) is 37.1 Å². The van der Waals surface area contributed by atoms with Crippen LogP contribution in [-0.2, 0) is 14.4 Å². The second kappa shape index (κ2) is 10.4. The number of ether oxygens (including phenoxy) is 1. The summed E-state index contributed by atoms with van der Waals surface area (Å²) < 4.78 is 6.34. The SMILES string of the molecule is CNC(=O)C(=O)N/N=C\c1cc(Br)ccc1OCC(=O)Nc1ccc(C)c(C)c1. The van der Waals surface area contributed by atoms with Crippen molar-refractivity contribution in [3.05, 3.63) is 57.6 Å². The van der Waals surface area contributed by atoms with Gasteiger partial charge in [-0.3, -0.25) is 14.4 Å². The van der Waals surface area contributed by atoms with Crippen molar-refractivity contribution in [3.63, 3.8) is 0 Å². The first-order valence-electron chi connectivity index (χ1n) is 8.64. The summed E-state index contributed by atoms with van der Waals surface area (Å²) in [4.78, 5) is 34.8. The molecule has 0 heterocycles. The van der Waals surface area contributed by atoms with E-state index in [0.717, 1.165) is 15.6 Å². The van der Waals surface area contributed by atoms with E-state index in [1.807, 2.05) is 32.0 Å². The number of hydrogen-bond acceptors (Lipinski definition) is 5. The van der Waals surface area contributed by atoms with Gasteiger partial charge in [-0.1, -0.05) is 22.0 Å². The van der Waals surface area contributed by atoms with Gasteiger partial charge >= 0.3 is 11.8 Å². The average molecular weight is 461 g/mol. The number of rotatable bonds is 6. The van der Waals surface area contributed by atoms with Gasteiger partial charge in [0.25, 0.3) is 5.91 Å². The fourth-order valence-corrected chi connectivity index (χ4v) is 2.61. The van der Waals surface area contributed by atoms with Gasteiger partial charge in [0.2, 0.25) is 0 Å². The fraction of sp³-hybridized carbons (Fsp3) is 0.200. The Morgan fingerprint density at radius 2 is 1.83 bits per heavy atom. The van der Waals surface area contributed by atoms with Gasteiger partial charge in [-0.25, -0.2) is 5.43 Å². The zero-order valence-electron chi connectivity index (χ0n) is 16.2. The molecule has 2 aromatic carbocycles. The summed E-state index contributed by atoms with van der Waals surface area (Å²) >= 11 is 3.34. The monoisotopic (exact) mass is 460 g/mol. The predicted octanol–water partition coefficient (Wildman–Crippen LogP) is 2.28. The molecule has 0 saturated carbocycles. The Balaban J connectivity index is 2.01. The van der Waals surface area contributed by atoms with E-state index in [4.69, 9.17) is 4.74 Å². The van der Waals surface area contributed by atoms with Crippen LogP contribution in [0.1, 0.15) is 16.7 Å². The molecule has 0 atom stereocenters. The van der Waals surface area contributed by atoms with Crippen LogP contribution in [0.2, 0.25) is 0 Å². The van der Waals surface area contributed by atoms with Crippen LogP contribution in [0.5, 0.6) is 5.75 Å². The molecule has 2 rings (SSSR count). The van der Waals surface area contributed by atoms with E-state index in [9.17, 15) is 14.4 Å². The maximum atomic E-state index is 12.2. The Kier molecular flexibility index (Phi) is 7.90. The molecule has 0 aliphatic rings. The van der Waals surface area contributed by atoms with Crippen LogP contribution in [0.3, 0.4) is 0 Å². The molecular weight excluding hydrogens is 440 g/mol. The smallest absolute Gasteiger partial charge is 0.329 e. The number of hydrogen-bond donors (Lipinski definition) is 3. The summed E-state index contributed by atoms with van der Waals surface area (Å²) in [5.41, 5.74) is 5.52. The number of aryl methyl sites for hydroxylation is 2. The van der Waals surface area contributed by atoms with Crippen molar-refractivity contribution in [3.8, 4) is 5.75 Å². The van der Waals surface area contributed by atoms with Crippen molar-refractivity contribution in [2.24, 2.45) is 5.10 Å². The Hall–Kier alpha value is -3.20. The first kappa shape index (κ1) is 22.1. The Morgan fingerprint density at radius 3 is 2.52 bits per heavy atom. The molecule has 3 amide bonds. The summed E-state index contributed by atoms with van der Waals surface area (Å²) in [5.74, 6) is -1.63. The third-order valence-corrected chi connectivity index (χ3v) is 4.42. The van der Waals surface area contributed by atoms with Crippen LogP contribution in [0.15, 0.2) is 46.0 Å². The minimum Gasteiger partial charge on any atom is -0.483 e. The molecular formula is C20H21BrN4O4. The van der Waals surface area contributed by atoms with Crippen molar-refractivity contribution < 1.29 is 19.1 Å². The van der Waals surface area contributed by atoms with Crippen molar-refractivity contribution in [1.29, 1.82) is 0 Å². The quantitative estimate of drug-likeness (QED) is 0.349. The summed E-state index contributed by atoms with van der Waals surface area (Å²) in [5, 5.41) is 8.71. The van der Waals surface area contributed by atoms with Crippen LogP contribution in [0.4, 0.5) is 5.69 Å². The first-order valence-corrected chi connectivity index (χ1v) is 9.44. The van der Waals surface area contributed by atoms with Gasteiger partial charge in [0.05, 0.1) is 6.21 Å². The minimum absolute atomic E-state index is 0.208. The second-order valence-corrected chi connectivity index (χ2v) is 7.01. The zero-order valence-corrected chi connectivity index (χ0v) is 17.8. The van der Waals surface area contributed by atoms with Gasteiger partial charge in [0.1, 0.15) is 5.75 Å². The Labute approximate surface area is 176 Å². The predicted molar refractivity (Wildman–Crippen MR) is 114 cm³/mol. The fourth-order valence-electron chi connectivity index (χ4n) is 2.24. The molecule has 0 saturated heterocycles. The highest BCUT2D eigenvalue weighted by Crippen LogP contribution is 2.22. The van der Waals surface area contributed by atoms with E-state index in [1.54, 1.807) is 18.2 Å². The lowest BCUT2D eigenvalue weighted by atomic mass is 10.1. The molecule has 8 nitrogen and oxygen atoms in total. The Bertz CT molecular complexity index is 959. The highest BCUT2D eigenvalue weighted by Gasteiger charge is 2.10. The molecule has 0 radical (unpaired) electrons. The Morgan fingerprint density at radius 1 is 1.07 bits per heavy atom. The molecule has 0 bridgehead atoms. The van der Waals surface area contributed by atoms with Gasteiger partial charge in [-0.15, -0.1) is 0 Å². The third kappa shape index (κ3) is 6.72. The summed E-state index contributed by atoms with van der Waals surface area (Å²) in [6.07, 6.45) is 1.32.